The zero-order valence-corrected chi connectivity index (χ0v) is 16.7. The van der Waals surface area contributed by atoms with Gasteiger partial charge in [-0.15, -0.1) is 0 Å². The fraction of sp³-hybridized carbons (Fsp3) is 0.500. The van der Waals surface area contributed by atoms with Crippen LogP contribution in [0, 0.1) is 0 Å². The summed E-state index contributed by atoms with van der Waals surface area (Å²) in [6.07, 6.45) is 2.27. The highest BCUT2D eigenvalue weighted by atomic mass is 16.5. The molecule has 0 radical (unpaired) electrons. The summed E-state index contributed by atoms with van der Waals surface area (Å²) in [7, 11) is 0. The summed E-state index contributed by atoms with van der Waals surface area (Å²) in [6.45, 7) is 3.98. The molecular formula is C20H25N7O3. The van der Waals surface area contributed by atoms with Gasteiger partial charge in [0.1, 0.15) is 0 Å². The quantitative estimate of drug-likeness (QED) is 0.802. The van der Waals surface area contributed by atoms with Crippen LogP contribution in [0.2, 0.25) is 0 Å². The summed E-state index contributed by atoms with van der Waals surface area (Å²) >= 11 is 0. The van der Waals surface area contributed by atoms with Crippen LogP contribution < -0.4 is 20.4 Å². The van der Waals surface area contributed by atoms with Gasteiger partial charge in [-0.3, -0.25) is 0 Å². The predicted octanol–water partition coefficient (Wildman–Crippen LogP) is 1.29. The topological polar surface area (TPSA) is 110 Å². The molecule has 5 heterocycles. The van der Waals surface area contributed by atoms with E-state index in [1.165, 1.54) is 4.90 Å². The Balaban J connectivity index is 1.58. The van der Waals surface area contributed by atoms with E-state index in [-0.39, 0.29) is 18.1 Å². The molecule has 6 rings (SSSR count). The molecule has 2 bridgehead atoms. The number of anilines is 4. The molecule has 158 valence electrons. The van der Waals surface area contributed by atoms with Gasteiger partial charge in [-0.05, 0) is 25.0 Å². The molecule has 10 nitrogen and oxygen atoms in total. The zero-order chi connectivity index (χ0) is 20.5. The second-order valence-electron chi connectivity index (χ2n) is 7.68. The monoisotopic (exact) mass is 411 g/mol. The molecule has 30 heavy (non-hydrogen) atoms. The summed E-state index contributed by atoms with van der Waals surface area (Å²) < 4.78 is 11.3. The first kappa shape index (κ1) is 19.0. The van der Waals surface area contributed by atoms with Crippen LogP contribution in [0.1, 0.15) is 12.8 Å². The minimum absolute atomic E-state index is 0.184. The van der Waals surface area contributed by atoms with Crippen LogP contribution in [0.25, 0.3) is 0 Å². The molecule has 2 atom stereocenters. The molecule has 2 aromatic rings. The number of hydrogen-bond donors (Lipinski definition) is 1. The Bertz CT molecular complexity index is 899. The third-order valence-electron chi connectivity index (χ3n) is 5.77. The Labute approximate surface area is 174 Å². The summed E-state index contributed by atoms with van der Waals surface area (Å²) in [5.74, 6) is 1.31. The van der Waals surface area contributed by atoms with Crippen LogP contribution in [0.3, 0.4) is 0 Å². The second-order valence-corrected chi connectivity index (χ2v) is 7.68. The fourth-order valence-electron chi connectivity index (χ4n) is 4.19. The van der Waals surface area contributed by atoms with Crippen LogP contribution >= 0.6 is 0 Å². The normalized spacial score (nSPS) is 23.5. The highest BCUT2D eigenvalue weighted by molar-refractivity contribution is 5.96. The molecule has 0 aliphatic carbocycles. The van der Waals surface area contributed by atoms with Gasteiger partial charge in [0, 0.05) is 19.6 Å². The lowest BCUT2D eigenvalue weighted by atomic mass is 9.98. The van der Waals surface area contributed by atoms with E-state index in [2.05, 4.69) is 19.8 Å². The molecule has 10 heteroatoms. The van der Waals surface area contributed by atoms with Crippen molar-refractivity contribution in [2.24, 2.45) is 5.73 Å². The number of hydrogen-bond acceptors (Lipinski definition) is 8. The lowest BCUT2D eigenvalue weighted by Crippen LogP contribution is -2.55. The number of para-hydroxylation sites is 1. The van der Waals surface area contributed by atoms with E-state index >= 15 is 0 Å². The zero-order valence-electron chi connectivity index (χ0n) is 16.7. The van der Waals surface area contributed by atoms with E-state index < -0.39 is 6.03 Å². The largest absolute Gasteiger partial charge is 0.378 e. The van der Waals surface area contributed by atoms with Gasteiger partial charge in [0.05, 0.1) is 37.7 Å². The van der Waals surface area contributed by atoms with Gasteiger partial charge in [-0.1, -0.05) is 18.2 Å². The third-order valence-corrected chi connectivity index (χ3v) is 5.77. The third kappa shape index (κ3) is 3.63. The highest BCUT2D eigenvalue weighted by Gasteiger charge is 2.37. The van der Waals surface area contributed by atoms with Gasteiger partial charge in [-0.2, -0.15) is 15.0 Å². The van der Waals surface area contributed by atoms with Crippen molar-refractivity contribution in [3.8, 4) is 0 Å². The molecule has 2 unspecified atom stereocenters. The Morgan fingerprint density at radius 3 is 2.47 bits per heavy atom. The fourth-order valence-corrected chi connectivity index (χ4v) is 4.19. The Morgan fingerprint density at radius 1 is 1.07 bits per heavy atom. The SMILES string of the molecule is NC(=O)N(c1ccccc1)c1nc(N2CCOCC2)nc(N2CC3CCC2CO3)n1. The van der Waals surface area contributed by atoms with Crippen LogP contribution in [-0.4, -0.2) is 72.6 Å². The maximum atomic E-state index is 12.4. The average Bonchev–Trinajstić information content (AvgIpc) is 2.81. The van der Waals surface area contributed by atoms with E-state index in [4.69, 9.17) is 20.2 Å². The number of morpholine rings is 2. The van der Waals surface area contributed by atoms with Gasteiger partial charge in [0.2, 0.25) is 17.8 Å². The number of urea groups is 1. The average molecular weight is 411 g/mol. The standard InChI is InChI=1S/C20H25N7O3/c21-17(28)27(14-4-2-1-3-5-14)20-23-18(25-8-10-29-11-9-25)22-19(24-20)26-12-16-7-6-15(26)13-30-16/h1-5,15-16H,6-13H2,(H2,21,28). The van der Waals surface area contributed by atoms with Crippen molar-refractivity contribution in [2.45, 2.75) is 25.0 Å². The number of rotatable bonds is 4. The molecular weight excluding hydrogens is 386 g/mol. The number of ether oxygens (including phenoxy) is 2. The molecule has 1 aromatic carbocycles. The summed E-state index contributed by atoms with van der Waals surface area (Å²) in [5.41, 5.74) is 6.35. The number of aromatic nitrogens is 3. The Kier molecular flexibility index (Phi) is 5.09. The van der Waals surface area contributed by atoms with Crippen LogP contribution in [0.4, 0.5) is 28.3 Å². The molecule has 1 aromatic heterocycles. The second kappa shape index (κ2) is 8.04. The van der Waals surface area contributed by atoms with Gasteiger partial charge in [-0.25, -0.2) is 9.69 Å². The smallest absolute Gasteiger partial charge is 0.326 e. The van der Waals surface area contributed by atoms with E-state index in [0.29, 0.717) is 50.5 Å². The van der Waals surface area contributed by atoms with Crippen molar-refractivity contribution in [3.05, 3.63) is 30.3 Å². The van der Waals surface area contributed by atoms with Crippen molar-refractivity contribution < 1.29 is 14.3 Å². The van der Waals surface area contributed by atoms with Gasteiger partial charge in [0.25, 0.3) is 0 Å². The van der Waals surface area contributed by atoms with Crippen molar-refractivity contribution >= 4 is 29.6 Å². The summed E-state index contributed by atoms with van der Waals surface area (Å²) in [5, 5.41) is 0. The Hall–Kier alpha value is -2.98. The van der Waals surface area contributed by atoms with E-state index in [1.807, 2.05) is 18.2 Å². The molecule has 4 fully saturated rings. The number of nitrogens with two attached hydrogens (primary N) is 1. The first-order valence-electron chi connectivity index (χ1n) is 10.3. The van der Waals surface area contributed by atoms with E-state index in [1.54, 1.807) is 12.1 Å². The lowest BCUT2D eigenvalue weighted by Gasteiger charge is -2.45. The maximum absolute atomic E-state index is 12.4. The van der Waals surface area contributed by atoms with Crippen LogP contribution in [-0.2, 0) is 9.47 Å². The molecule has 0 spiro atoms. The molecule has 2 amide bonds. The lowest BCUT2D eigenvalue weighted by molar-refractivity contribution is -0.0232. The number of nitrogens with zero attached hydrogens (tertiary/aromatic N) is 6. The van der Waals surface area contributed by atoms with E-state index in [0.717, 1.165) is 19.4 Å². The molecule has 4 aliphatic rings. The maximum Gasteiger partial charge on any atom is 0.326 e. The predicted molar refractivity (Wildman–Crippen MR) is 111 cm³/mol. The number of benzene rings is 1. The minimum Gasteiger partial charge on any atom is -0.378 e. The van der Waals surface area contributed by atoms with Gasteiger partial charge >= 0.3 is 6.03 Å². The first-order chi connectivity index (χ1) is 14.7. The van der Waals surface area contributed by atoms with Gasteiger partial charge in [0.15, 0.2) is 0 Å². The van der Waals surface area contributed by atoms with Gasteiger partial charge < -0.3 is 25.0 Å². The van der Waals surface area contributed by atoms with Crippen LogP contribution in [0.5, 0.6) is 0 Å². The first-order valence-corrected chi connectivity index (χ1v) is 10.3. The molecule has 4 saturated heterocycles. The molecule has 2 N–H and O–H groups in total. The number of carbonyl (C=O) groups is 1. The number of piperidine rings is 1. The minimum atomic E-state index is -0.644. The summed E-state index contributed by atoms with van der Waals surface area (Å²) in [6, 6.07) is 8.76. The number of primary amides is 1. The van der Waals surface area contributed by atoms with Crippen molar-refractivity contribution in [1.82, 2.24) is 15.0 Å². The molecule has 0 saturated carbocycles. The highest BCUT2D eigenvalue weighted by Crippen LogP contribution is 2.32. The Morgan fingerprint density at radius 2 is 1.83 bits per heavy atom. The van der Waals surface area contributed by atoms with Crippen molar-refractivity contribution in [2.75, 3.05) is 54.2 Å². The number of fused-ring (bicyclic) bond motifs is 3. The van der Waals surface area contributed by atoms with Crippen molar-refractivity contribution in [3.63, 3.8) is 0 Å². The number of amides is 2. The van der Waals surface area contributed by atoms with Crippen molar-refractivity contribution in [1.29, 1.82) is 0 Å². The van der Waals surface area contributed by atoms with Crippen LogP contribution in [0.15, 0.2) is 30.3 Å². The molecule has 4 aliphatic heterocycles. The van der Waals surface area contributed by atoms with E-state index in [9.17, 15) is 4.79 Å². The number of carbonyl (C=O) groups excluding carboxylic acids is 1. The summed E-state index contributed by atoms with van der Waals surface area (Å²) in [4.78, 5) is 32.0.